The Balaban J connectivity index is 2.16. The normalized spacial score (nSPS) is 24.4. The third kappa shape index (κ3) is 2.73. The Labute approximate surface area is 113 Å². The van der Waals surface area contributed by atoms with Gasteiger partial charge in [-0.3, -0.25) is 0 Å². The minimum absolute atomic E-state index is 0.230. The summed E-state index contributed by atoms with van der Waals surface area (Å²) in [4.78, 5) is 18.1. The largest absolute Gasteiger partial charge is 0.461 e. The number of aromatic nitrogens is 2. The van der Waals surface area contributed by atoms with Crippen molar-refractivity contribution in [1.29, 1.82) is 0 Å². The van der Waals surface area contributed by atoms with Gasteiger partial charge in [0.05, 0.1) is 12.9 Å². The fraction of sp³-hybridized carbons (Fsp3) is 0.692. The Hall–Kier alpha value is -1.56. The molecular weight excluding hydrogens is 244 g/mol. The third-order valence-corrected chi connectivity index (χ3v) is 3.87. The highest BCUT2D eigenvalue weighted by molar-refractivity contribution is 5.92. The maximum absolute atomic E-state index is 11.7. The molecule has 2 N–H and O–H groups in total. The molecule has 1 aliphatic rings. The first-order chi connectivity index (χ1) is 9.04. The second-order valence-electron chi connectivity index (χ2n) is 5.11. The lowest BCUT2D eigenvalue weighted by Gasteiger charge is -2.35. The molecule has 1 aliphatic heterocycles. The number of piperidine rings is 1. The number of nitrogens with zero attached hydrogens (tertiary/aromatic N) is 3. The number of nitrogen functional groups attached to an aromatic ring is 1. The van der Waals surface area contributed by atoms with Crippen LogP contribution >= 0.6 is 0 Å². The van der Waals surface area contributed by atoms with Crippen LogP contribution in [0, 0.1) is 0 Å². The summed E-state index contributed by atoms with van der Waals surface area (Å²) in [6.07, 6.45) is 3.69. The summed E-state index contributed by atoms with van der Waals surface area (Å²) in [6, 6.07) is 0.813. The van der Waals surface area contributed by atoms with Crippen molar-refractivity contribution in [2.24, 2.45) is 0 Å². The van der Waals surface area contributed by atoms with Gasteiger partial charge < -0.3 is 19.9 Å². The molecule has 0 spiro atoms. The van der Waals surface area contributed by atoms with Gasteiger partial charge in [-0.15, -0.1) is 0 Å². The van der Waals surface area contributed by atoms with Crippen LogP contribution in [0.3, 0.4) is 0 Å². The van der Waals surface area contributed by atoms with Gasteiger partial charge in [0.1, 0.15) is 5.82 Å². The van der Waals surface area contributed by atoms with E-state index in [4.69, 9.17) is 10.5 Å². The van der Waals surface area contributed by atoms with E-state index in [-0.39, 0.29) is 5.69 Å². The van der Waals surface area contributed by atoms with E-state index in [9.17, 15) is 4.79 Å². The van der Waals surface area contributed by atoms with Gasteiger partial charge in [-0.2, -0.15) is 0 Å². The van der Waals surface area contributed by atoms with Gasteiger partial charge in [0.2, 0.25) is 0 Å². The molecule has 1 saturated heterocycles. The summed E-state index contributed by atoms with van der Waals surface area (Å²) in [5, 5.41) is 0. The third-order valence-electron chi connectivity index (χ3n) is 3.87. The Morgan fingerprint density at radius 1 is 1.63 bits per heavy atom. The van der Waals surface area contributed by atoms with E-state index < -0.39 is 5.97 Å². The summed E-state index contributed by atoms with van der Waals surface area (Å²) in [6.45, 7) is 5.32. The van der Waals surface area contributed by atoms with Gasteiger partial charge >= 0.3 is 5.97 Å². The number of carbonyl (C=O) groups is 1. The molecule has 0 aromatic carbocycles. The molecular formula is C13H22N4O2. The van der Waals surface area contributed by atoms with Crippen molar-refractivity contribution in [3.05, 3.63) is 12.0 Å². The van der Waals surface area contributed by atoms with Crippen LogP contribution in [0.15, 0.2) is 6.33 Å². The lowest BCUT2D eigenvalue weighted by molar-refractivity contribution is 0.0521. The summed E-state index contributed by atoms with van der Waals surface area (Å²) >= 11 is 0. The predicted molar refractivity (Wildman–Crippen MR) is 73.0 cm³/mol. The molecule has 2 rings (SSSR count). The van der Waals surface area contributed by atoms with Crippen LogP contribution in [0.1, 0.15) is 43.2 Å². The SMILES string of the molecule is CCOC(=O)c1ncn(C2CCN(C)C(C)C2)c1N. The van der Waals surface area contributed by atoms with Crippen LogP contribution in [-0.4, -0.2) is 46.7 Å². The van der Waals surface area contributed by atoms with Crippen LogP contribution in [-0.2, 0) is 4.74 Å². The number of nitrogens with two attached hydrogens (primary N) is 1. The maximum atomic E-state index is 11.7. The van der Waals surface area contributed by atoms with Gasteiger partial charge in [0.25, 0.3) is 0 Å². The number of anilines is 1. The minimum Gasteiger partial charge on any atom is -0.461 e. The van der Waals surface area contributed by atoms with Gasteiger partial charge in [-0.25, -0.2) is 9.78 Å². The van der Waals surface area contributed by atoms with E-state index in [1.165, 1.54) is 0 Å². The Kier molecular flexibility index (Phi) is 4.09. The number of hydrogen-bond donors (Lipinski definition) is 1. The lowest BCUT2D eigenvalue weighted by Crippen LogP contribution is -2.38. The first kappa shape index (κ1) is 13.9. The molecule has 0 bridgehead atoms. The van der Waals surface area contributed by atoms with Crippen molar-refractivity contribution in [3.8, 4) is 0 Å². The quantitative estimate of drug-likeness (QED) is 0.835. The fourth-order valence-corrected chi connectivity index (χ4v) is 2.54. The van der Waals surface area contributed by atoms with Crippen LogP contribution in [0.25, 0.3) is 0 Å². The lowest BCUT2D eigenvalue weighted by atomic mass is 9.99. The van der Waals surface area contributed by atoms with Gasteiger partial charge in [-0.1, -0.05) is 0 Å². The number of imidazole rings is 1. The molecule has 0 radical (unpaired) electrons. The molecule has 0 aliphatic carbocycles. The molecule has 6 nitrogen and oxygen atoms in total. The number of rotatable bonds is 3. The first-order valence-electron chi connectivity index (χ1n) is 6.74. The van der Waals surface area contributed by atoms with E-state index in [0.29, 0.717) is 24.5 Å². The molecule has 6 heteroatoms. The van der Waals surface area contributed by atoms with Crippen LogP contribution in [0.4, 0.5) is 5.82 Å². The summed E-state index contributed by atoms with van der Waals surface area (Å²) in [5.74, 6) is -0.0278. The average Bonchev–Trinajstić information content (AvgIpc) is 2.75. The molecule has 2 heterocycles. The number of hydrogen-bond acceptors (Lipinski definition) is 5. The predicted octanol–water partition coefficient (Wildman–Crippen LogP) is 1.30. The fourth-order valence-electron chi connectivity index (χ4n) is 2.54. The van der Waals surface area contributed by atoms with E-state index in [0.717, 1.165) is 19.4 Å². The van der Waals surface area contributed by atoms with Gasteiger partial charge in [0, 0.05) is 18.6 Å². The summed E-state index contributed by atoms with van der Waals surface area (Å²) in [7, 11) is 2.13. The minimum atomic E-state index is -0.445. The monoisotopic (exact) mass is 266 g/mol. The van der Waals surface area contributed by atoms with E-state index >= 15 is 0 Å². The Morgan fingerprint density at radius 2 is 2.37 bits per heavy atom. The van der Waals surface area contributed by atoms with Crippen molar-refractivity contribution in [3.63, 3.8) is 0 Å². The van der Waals surface area contributed by atoms with E-state index in [1.807, 2.05) is 4.57 Å². The highest BCUT2D eigenvalue weighted by atomic mass is 16.5. The zero-order valence-electron chi connectivity index (χ0n) is 11.8. The summed E-state index contributed by atoms with van der Waals surface area (Å²) < 4.78 is 6.86. The molecule has 106 valence electrons. The van der Waals surface area contributed by atoms with Crippen LogP contribution in [0.2, 0.25) is 0 Å². The van der Waals surface area contributed by atoms with E-state index in [2.05, 4.69) is 23.9 Å². The zero-order valence-corrected chi connectivity index (χ0v) is 11.8. The number of likely N-dealkylation sites (tertiary alicyclic amines) is 1. The molecule has 2 unspecified atom stereocenters. The molecule has 0 saturated carbocycles. The highest BCUT2D eigenvalue weighted by Crippen LogP contribution is 2.29. The van der Waals surface area contributed by atoms with Gasteiger partial charge in [-0.05, 0) is 33.7 Å². The molecule has 0 amide bonds. The molecule has 19 heavy (non-hydrogen) atoms. The second kappa shape index (κ2) is 5.61. The second-order valence-corrected chi connectivity index (χ2v) is 5.11. The van der Waals surface area contributed by atoms with Crippen molar-refractivity contribution in [1.82, 2.24) is 14.5 Å². The van der Waals surface area contributed by atoms with Gasteiger partial charge in [0.15, 0.2) is 5.69 Å². The zero-order chi connectivity index (χ0) is 14.0. The number of ether oxygens (including phenoxy) is 1. The summed E-state index contributed by atoms with van der Waals surface area (Å²) in [5.41, 5.74) is 6.26. The molecule has 1 aromatic rings. The van der Waals surface area contributed by atoms with Crippen LogP contribution < -0.4 is 5.73 Å². The first-order valence-corrected chi connectivity index (χ1v) is 6.74. The molecule has 1 aromatic heterocycles. The van der Waals surface area contributed by atoms with Crippen molar-refractivity contribution < 1.29 is 9.53 Å². The number of esters is 1. The smallest absolute Gasteiger partial charge is 0.360 e. The van der Waals surface area contributed by atoms with Crippen molar-refractivity contribution in [2.75, 3.05) is 25.9 Å². The highest BCUT2D eigenvalue weighted by Gasteiger charge is 2.27. The maximum Gasteiger partial charge on any atom is 0.360 e. The van der Waals surface area contributed by atoms with Crippen molar-refractivity contribution in [2.45, 2.75) is 38.8 Å². The topological polar surface area (TPSA) is 73.4 Å². The Morgan fingerprint density at radius 3 is 3.00 bits per heavy atom. The number of carbonyl (C=O) groups excluding carboxylic acids is 1. The van der Waals surface area contributed by atoms with Crippen molar-refractivity contribution >= 4 is 11.8 Å². The Bertz CT molecular complexity index is 457. The molecule has 2 atom stereocenters. The molecule has 1 fully saturated rings. The van der Waals surface area contributed by atoms with E-state index in [1.54, 1.807) is 13.3 Å². The average molecular weight is 266 g/mol. The standard InChI is InChI=1S/C13H22N4O2/c1-4-19-13(18)11-12(14)17(8-15-11)10-5-6-16(3)9(2)7-10/h8-10H,4-7,14H2,1-3H3. The van der Waals surface area contributed by atoms with Crippen LogP contribution in [0.5, 0.6) is 0 Å².